The number of carbonyl (C=O) groups is 1. The first-order chi connectivity index (χ1) is 8.18. The monoisotopic (exact) mass is 233 g/mol. The molecule has 0 aromatic heterocycles. The topological polar surface area (TPSA) is 38.3 Å². The van der Waals surface area contributed by atoms with Gasteiger partial charge in [0.25, 0.3) is 5.91 Å². The lowest BCUT2D eigenvalue weighted by Crippen LogP contribution is -2.32. The van der Waals surface area contributed by atoms with Crippen LogP contribution in [0.15, 0.2) is 18.2 Å². The smallest absolute Gasteiger partial charge is 0.251 e. The molecular formula is C14H19NO2. The molecule has 1 aromatic carbocycles. The fourth-order valence-corrected chi connectivity index (χ4v) is 1.97. The molecule has 0 fully saturated rings. The Hall–Kier alpha value is -1.51. The van der Waals surface area contributed by atoms with Crippen molar-refractivity contribution in [1.29, 1.82) is 0 Å². The van der Waals surface area contributed by atoms with Crippen molar-refractivity contribution in [2.75, 3.05) is 13.2 Å². The predicted octanol–water partition coefficient (Wildman–Crippen LogP) is 2.40. The molecule has 1 aliphatic heterocycles. The van der Waals surface area contributed by atoms with E-state index in [9.17, 15) is 4.79 Å². The van der Waals surface area contributed by atoms with E-state index in [1.54, 1.807) is 0 Å². The molecule has 17 heavy (non-hydrogen) atoms. The molecule has 1 N–H and O–H groups in total. The summed E-state index contributed by atoms with van der Waals surface area (Å²) in [7, 11) is 0. The highest BCUT2D eigenvalue weighted by molar-refractivity contribution is 5.97. The van der Waals surface area contributed by atoms with E-state index in [1.165, 1.54) is 0 Å². The van der Waals surface area contributed by atoms with E-state index in [1.807, 2.05) is 18.2 Å². The fourth-order valence-electron chi connectivity index (χ4n) is 1.97. The Balaban J connectivity index is 2.12. The van der Waals surface area contributed by atoms with Gasteiger partial charge in [0, 0.05) is 17.7 Å². The van der Waals surface area contributed by atoms with Crippen molar-refractivity contribution in [3.8, 4) is 5.75 Å². The molecule has 0 spiro atoms. The van der Waals surface area contributed by atoms with Gasteiger partial charge in [-0.1, -0.05) is 19.9 Å². The zero-order valence-corrected chi connectivity index (χ0v) is 10.5. The minimum absolute atomic E-state index is 0.0144. The summed E-state index contributed by atoms with van der Waals surface area (Å²) >= 11 is 0. The van der Waals surface area contributed by atoms with Crippen LogP contribution >= 0.6 is 0 Å². The third kappa shape index (κ3) is 2.78. The fraction of sp³-hybridized carbons (Fsp3) is 0.500. The molecule has 3 nitrogen and oxygen atoms in total. The van der Waals surface area contributed by atoms with E-state index in [0.29, 0.717) is 12.5 Å². The molecule has 0 atom stereocenters. The molecular weight excluding hydrogens is 214 g/mol. The average Bonchev–Trinajstić information content (AvgIpc) is 2.30. The van der Waals surface area contributed by atoms with Crippen LogP contribution in [0.3, 0.4) is 0 Å². The molecule has 0 unspecified atom stereocenters. The van der Waals surface area contributed by atoms with E-state index < -0.39 is 0 Å². The molecule has 0 saturated heterocycles. The number of ether oxygens (including phenoxy) is 1. The van der Waals surface area contributed by atoms with Crippen LogP contribution in [0, 0.1) is 5.92 Å². The number of amides is 1. The molecule has 92 valence electrons. The maximum atomic E-state index is 11.7. The zero-order chi connectivity index (χ0) is 12.3. The first-order valence-electron chi connectivity index (χ1n) is 6.21. The first kappa shape index (κ1) is 12.0. The molecule has 3 heteroatoms. The number of carbonyl (C=O) groups excluding carboxylic acids is 1. The number of nitrogens with one attached hydrogen (secondary N) is 1. The van der Waals surface area contributed by atoms with Crippen molar-refractivity contribution in [2.45, 2.75) is 26.7 Å². The van der Waals surface area contributed by atoms with Crippen molar-refractivity contribution >= 4 is 5.91 Å². The summed E-state index contributed by atoms with van der Waals surface area (Å²) in [4.78, 5) is 11.7. The minimum atomic E-state index is 0.0144. The molecule has 0 radical (unpaired) electrons. The van der Waals surface area contributed by atoms with Gasteiger partial charge in [0.05, 0.1) is 6.61 Å². The van der Waals surface area contributed by atoms with Crippen LogP contribution in [0.1, 0.15) is 36.2 Å². The molecule has 0 bridgehead atoms. The van der Waals surface area contributed by atoms with Gasteiger partial charge < -0.3 is 10.1 Å². The number of fused-ring (bicyclic) bond motifs is 1. The van der Waals surface area contributed by atoms with Crippen molar-refractivity contribution in [2.24, 2.45) is 5.92 Å². The summed E-state index contributed by atoms with van der Waals surface area (Å²) in [6.07, 6.45) is 1.90. The quantitative estimate of drug-likeness (QED) is 0.867. The number of benzene rings is 1. The summed E-state index contributed by atoms with van der Waals surface area (Å²) in [6.45, 7) is 5.78. The number of rotatable bonds is 4. The van der Waals surface area contributed by atoms with Gasteiger partial charge in [-0.3, -0.25) is 4.79 Å². The highest BCUT2D eigenvalue weighted by atomic mass is 16.5. The lowest BCUT2D eigenvalue weighted by atomic mass is 9.99. The Morgan fingerprint density at radius 2 is 2.24 bits per heavy atom. The van der Waals surface area contributed by atoms with Gasteiger partial charge in [-0.15, -0.1) is 0 Å². The second-order valence-corrected chi connectivity index (χ2v) is 4.82. The molecule has 0 saturated carbocycles. The third-order valence-corrected chi connectivity index (χ3v) is 2.99. The summed E-state index contributed by atoms with van der Waals surface area (Å²) in [5, 5.41) is 2.85. The second-order valence-electron chi connectivity index (χ2n) is 4.82. The number of hydrogen-bond donors (Lipinski definition) is 1. The van der Waals surface area contributed by atoms with E-state index >= 15 is 0 Å². The first-order valence-corrected chi connectivity index (χ1v) is 6.21. The van der Waals surface area contributed by atoms with Gasteiger partial charge in [-0.2, -0.15) is 0 Å². The predicted molar refractivity (Wildman–Crippen MR) is 67.4 cm³/mol. The second kappa shape index (κ2) is 5.21. The lowest BCUT2D eigenvalue weighted by molar-refractivity contribution is 0.0945. The lowest BCUT2D eigenvalue weighted by Gasteiger charge is -2.20. The van der Waals surface area contributed by atoms with Crippen molar-refractivity contribution in [3.63, 3.8) is 0 Å². The normalized spacial score (nSPS) is 14.4. The highest BCUT2D eigenvalue weighted by Gasteiger charge is 2.19. The van der Waals surface area contributed by atoms with Gasteiger partial charge >= 0.3 is 0 Å². The van der Waals surface area contributed by atoms with Crippen LogP contribution in [-0.4, -0.2) is 19.1 Å². The van der Waals surface area contributed by atoms with Crippen LogP contribution in [0.4, 0.5) is 0 Å². The van der Waals surface area contributed by atoms with Gasteiger partial charge in [-0.25, -0.2) is 0 Å². The Morgan fingerprint density at radius 1 is 1.41 bits per heavy atom. The van der Waals surface area contributed by atoms with Crippen LogP contribution in [0.2, 0.25) is 0 Å². The van der Waals surface area contributed by atoms with Crippen molar-refractivity contribution in [3.05, 3.63) is 29.3 Å². The van der Waals surface area contributed by atoms with Gasteiger partial charge in [0.1, 0.15) is 5.75 Å². The van der Waals surface area contributed by atoms with Crippen molar-refractivity contribution < 1.29 is 9.53 Å². The summed E-state index contributed by atoms with van der Waals surface area (Å²) < 4.78 is 5.78. The van der Waals surface area contributed by atoms with Gasteiger partial charge in [-0.05, 0) is 30.9 Å². The maximum Gasteiger partial charge on any atom is 0.251 e. The average molecular weight is 233 g/mol. The SMILES string of the molecule is CC(C)CCOc1cccc2c1CCNC2=O. The molecule has 1 aromatic rings. The standard InChI is InChI=1S/C14H19NO2/c1-10(2)7-9-17-13-5-3-4-12-11(13)6-8-15-14(12)16/h3-5,10H,6-9H2,1-2H3,(H,15,16). The Kier molecular flexibility index (Phi) is 3.67. The summed E-state index contributed by atoms with van der Waals surface area (Å²) in [5.41, 5.74) is 1.82. The molecule has 0 aliphatic carbocycles. The van der Waals surface area contributed by atoms with Gasteiger partial charge in [0.15, 0.2) is 0 Å². The minimum Gasteiger partial charge on any atom is -0.493 e. The Bertz CT molecular complexity index is 413. The van der Waals surface area contributed by atoms with Crippen LogP contribution in [-0.2, 0) is 6.42 Å². The van der Waals surface area contributed by atoms with E-state index in [4.69, 9.17) is 4.74 Å². The van der Waals surface area contributed by atoms with Crippen molar-refractivity contribution in [1.82, 2.24) is 5.32 Å². The Morgan fingerprint density at radius 3 is 3.00 bits per heavy atom. The summed E-state index contributed by atoms with van der Waals surface area (Å²) in [6, 6.07) is 5.70. The molecule has 1 amide bonds. The van der Waals surface area contributed by atoms with E-state index in [0.717, 1.165) is 36.3 Å². The highest BCUT2D eigenvalue weighted by Crippen LogP contribution is 2.25. The van der Waals surface area contributed by atoms with E-state index in [2.05, 4.69) is 19.2 Å². The Labute approximate surface area is 102 Å². The third-order valence-electron chi connectivity index (χ3n) is 2.99. The largest absolute Gasteiger partial charge is 0.493 e. The summed E-state index contributed by atoms with van der Waals surface area (Å²) in [5.74, 6) is 1.52. The maximum absolute atomic E-state index is 11.7. The van der Waals surface area contributed by atoms with Gasteiger partial charge in [0.2, 0.25) is 0 Å². The van der Waals surface area contributed by atoms with E-state index in [-0.39, 0.29) is 5.91 Å². The molecule has 1 heterocycles. The van der Waals surface area contributed by atoms with Crippen LogP contribution in [0.25, 0.3) is 0 Å². The van der Waals surface area contributed by atoms with Crippen LogP contribution < -0.4 is 10.1 Å². The molecule has 2 rings (SSSR count). The molecule has 1 aliphatic rings. The van der Waals surface area contributed by atoms with Crippen LogP contribution in [0.5, 0.6) is 5.75 Å². The number of hydrogen-bond acceptors (Lipinski definition) is 2. The zero-order valence-electron chi connectivity index (χ0n) is 10.5.